The Hall–Kier alpha value is -2.77. The molecule has 3 aromatic rings. The van der Waals surface area contributed by atoms with Crippen LogP contribution in [0.5, 0.6) is 0 Å². The molecule has 8 heteroatoms. The van der Waals surface area contributed by atoms with Crippen LogP contribution < -0.4 is 5.73 Å². The molecule has 3 N–H and O–H groups in total. The molecule has 18 heavy (non-hydrogen) atoms. The van der Waals surface area contributed by atoms with Gasteiger partial charge in [0.2, 0.25) is 5.82 Å². The smallest absolute Gasteiger partial charge is 0.276 e. The molecule has 0 aliphatic carbocycles. The van der Waals surface area contributed by atoms with Crippen LogP contribution in [0, 0.1) is 5.82 Å². The van der Waals surface area contributed by atoms with E-state index in [2.05, 4.69) is 25.3 Å². The van der Waals surface area contributed by atoms with Gasteiger partial charge in [-0.25, -0.2) is 9.37 Å². The Morgan fingerprint density at radius 1 is 1.33 bits per heavy atom. The van der Waals surface area contributed by atoms with E-state index in [4.69, 9.17) is 10.3 Å². The third-order valence-corrected chi connectivity index (χ3v) is 2.21. The van der Waals surface area contributed by atoms with Crippen LogP contribution >= 0.6 is 0 Å². The lowest BCUT2D eigenvalue weighted by Crippen LogP contribution is -1.86. The molecule has 0 saturated carbocycles. The minimum Gasteiger partial charge on any atom is -0.382 e. The van der Waals surface area contributed by atoms with E-state index in [9.17, 15) is 4.39 Å². The van der Waals surface area contributed by atoms with Gasteiger partial charge in [0, 0.05) is 6.07 Å². The number of nitrogen functional groups attached to an aromatic ring is 1. The second-order valence-electron chi connectivity index (χ2n) is 3.49. The van der Waals surface area contributed by atoms with Crippen molar-refractivity contribution in [3.63, 3.8) is 0 Å². The first-order valence-corrected chi connectivity index (χ1v) is 4.99. The summed E-state index contributed by atoms with van der Waals surface area (Å²) in [6, 6.07) is 4.30. The van der Waals surface area contributed by atoms with Crippen LogP contribution in [-0.4, -0.2) is 25.3 Å². The lowest BCUT2D eigenvalue weighted by atomic mass is 10.3. The highest BCUT2D eigenvalue weighted by molar-refractivity contribution is 5.56. The van der Waals surface area contributed by atoms with Crippen LogP contribution in [0.3, 0.4) is 0 Å². The van der Waals surface area contributed by atoms with Crippen molar-refractivity contribution in [2.24, 2.45) is 0 Å². The quantitative estimate of drug-likeness (QED) is 0.704. The molecule has 0 aliphatic rings. The van der Waals surface area contributed by atoms with Crippen molar-refractivity contribution in [1.82, 2.24) is 25.3 Å². The van der Waals surface area contributed by atoms with E-state index in [0.717, 1.165) is 6.20 Å². The maximum atomic E-state index is 12.7. The molecule has 3 aromatic heterocycles. The molecule has 0 fully saturated rings. The summed E-state index contributed by atoms with van der Waals surface area (Å²) in [6.45, 7) is 0. The second-order valence-corrected chi connectivity index (χ2v) is 3.49. The van der Waals surface area contributed by atoms with Crippen molar-refractivity contribution in [2.75, 3.05) is 5.73 Å². The number of halogens is 1. The van der Waals surface area contributed by atoms with Gasteiger partial charge in [-0.2, -0.15) is 10.1 Å². The van der Waals surface area contributed by atoms with Gasteiger partial charge in [-0.1, -0.05) is 5.16 Å². The van der Waals surface area contributed by atoms with Crippen LogP contribution in [-0.2, 0) is 0 Å². The predicted molar refractivity (Wildman–Crippen MR) is 59.5 cm³/mol. The van der Waals surface area contributed by atoms with E-state index in [-0.39, 0.29) is 11.7 Å². The number of hydrogen-bond acceptors (Lipinski definition) is 6. The number of aromatic amines is 1. The fraction of sp³-hybridized carbons (Fsp3) is 0. The minimum atomic E-state index is -0.427. The van der Waals surface area contributed by atoms with Gasteiger partial charge in [0.1, 0.15) is 23.0 Å². The highest BCUT2D eigenvalue weighted by Gasteiger charge is 2.13. The Morgan fingerprint density at radius 3 is 2.89 bits per heavy atom. The molecule has 0 radical (unpaired) electrons. The number of rotatable bonds is 2. The molecule has 0 unspecified atom stereocenters. The van der Waals surface area contributed by atoms with E-state index >= 15 is 0 Å². The molecule has 0 amide bonds. The summed E-state index contributed by atoms with van der Waals surface area (Å²) in [5.74, 6) is 0.395. The molecular formula is C10H7FN6O. The largest absolute Gasteiger partial charge is 0.382 e. The summed E-state index contributed by atoms with van der Waals surface area (Å²) in [7, 11) is 0. The molecule has 0 bridgehead atoms. The number of aromatic nitrogens is 5. The van der Waals surface area contributed by atoms with Crippen LogP contribution in [0.4, 0.5) is 10.2 Å². The maximum Gasteiger partial charge on any atom is 0.276 e. The first-order valence-electron chi connectivity index (χ1n) is 4.99. The van der Waals surface area contributed by atoms with Gasteiger partial charge in [0.25, 0.3) is 5.89 Å². The Morgan fingerprint density at radius 2 is 2.22 bits per heavy atom. The first-order chi connectivity index (χ1) is 8.72. The molecular weight excluding hydrogens is 239 g/mol. The molecule has 3 rings (SSSR count). The summed E-state index contributed by atoms with van der Waals surface area (Å²) >= 11 is 0. The summed E-state index contributed by atoms with van der Waals surface area (Å²) < 4.78 is 17.7. The van der Waals surface area contributed by atoms with E-state index in [1.807, 2.05) is 0 Å². The molecule has 0 aliphatic heterocycles. The predicted octanol–water partition coefficient (Wildman–Crippen LogP) is 1.24. The zero-order chi connectivity index (χ0) is 12.5. The monoisotopic (exact) mass is 246 g/mol. The standard InChI is InChI=1S/C10H7FN6O/c11-5-1-2-6(13-4-5)9-14-10(18-17-9)7-3-8(12)16-15-7/h1-4H,(H3,12,15,16). The van der Waals surface area contributed by atoms with Gasteiger partial charge < -0.3 is 10.3 Å². The van der Waals surface area contributed by atoms with Gasteiger partial charge in [-0.3, -0.25) is 5.10 Å². The minimum absolute atomic E-state index is 0.236. The molecule has 7 nitrogen and oxygen atoms in total. The van der Waals surface area contributed by atoms with Crippen molar-refractivity contribution in [1.29, 1.82) is 0 Å². The van der Waals surface area contributed by atoms with Gasteiger partial charge in [-0.05, 0) is 12.1 Å². The summed E-state index contributed by atoms with van der Waals surface area (Å²) in [4.78, 5) is 7.95. The van der Waals surface area contributed by atoms with Crippen molar-refractivity contribution in [3.05, 3.63) is 30.2 Å². The van der Waals surface area contributed by atoms with E-state index in [1.54, 1.807) is 6.07 Å². The molecule has 90 valence electrons. The normalized spacial score (nSPS) is 10.7. The Kier molecular flexibility index (Phi) is 2.26. The van der Waals surface area contributed by atoms with E-state index in [0.29, 0.717) is 17.2 Å². The molecule has 3 heterocycles. The Bertz CT molecular complexity index is 674. The van der Waals surface area contributed by atoms with Crippen LogP contribution in [0.2, 0.25) is 0 Å². The third kappa shape index (κ3) is 1.79. The third-order valence-electron chi connectivity index (χ3n) is 2.21. The number of nitrogens with two attached hydrogens (primary N) is 1. The average molecular weight is 246 g/mol. The number of hydrogen-bond donors (Lipinski definition) is 2. The Labute approximate surface area is 99.9 Å². The zero-order valence-corrected chi connectivity index (χ0v) is 8.96. The molecule has 0 aromatic carbocycles. The van der Waals surface area contributed by atoms with E-state index < -0.39 is 5.82 Å². The highest BCUT2D eigenvalue weighted by atomic mass is 19.1. The van der Waals surface area contributed by atoms with Crippen LogP contribution in [0.15, 0.2) is 28.9 Å². The van der Waals surface area contributed by atoms with Crippen molar-refractivity contribution < 1.29 is 8.91 Å². The van der Waals surface area contributed by atoms with Crippen molar-refractivity contribution in [3.8, 4) is 23.1 Å². The topological polar surface area (TPSA) is 107 Å². The van der Waals surface area contributed by atoms with Gasteiger partial charge in [-0.15, -0.1) is 0 Å². The van der Waals surface area contributed by atoms with Crippen LogP contribution in [0.1, 0.15) is 0 Å². The maximum absolute atomic E-state index is 12.7. The van der Waals surface area contributed by atoms with Crippen molar-refractivity contribution >= 4 is 5.82 Å². The molecule has 0 atom stereocenters. The Balaban J connectivity index is 1.96. The average Bonchev–Trinajstić information content (AvgIpc) is 2.98. The highest BCUT2D eigenvalue weighted by Crippen LogP contribution is 2.20. The number of pyridine rings is 1. The summed E-state index contributed by atoms with van der Waals surface area (Å²) in [6.07, 6.45) is 1.08. The number of anilines is 1. The molecule has 0 spiro atoms. The lowest BCUT2D eigenvalue weighted by molar-refractivity contribution is 0.430. The number of nitrogens with one attached hydrogen (secondary N) is 1. The van der Waals surface area contributed by atoms with E-state index in [1.165, 1.54) is 12.1 Å². The molecule has 0 saturated heterocycles. The van der Waals surface area contributed by atoms with Crippen molar-refractivity contribution in [2.45, 2.75) is 0 Å². The summed E-state index contributed by atoms with van der Waals surface area (Å²) in [5.41, 5.74) is 6.39. The fourth-order valence-corrected chi connectivity index (χ4v) is 1.39. The van der Waals surface area contributed by atoms with Gasteiger partial charge in [0.05, 0.1) is 6.20 Å². The number of nitrogens with zero attached hydrogens (tertiary/aromatic N) is 4. The zero-order valence-electron chi connectivity index (χ0n) is 8.96. The number of H-pyrrole nitrogens is 1. The first kappa shape index (κ1) is 10.4. The summed E-state index contributed by atoms with van der Waals surface area (Å²) in [5, 5.41) is 10.1. The SMILES string of the molecule is Nc1cc(-c2nc(-c3ccc(F)cn3)no2)[nH]n1. The fourth-order valence-electron chi connectivity index (χ4n) is 1.39. The second kappa shape index (κ2) is 3.91. The van der Waals surface area contributed by atoms with Gasteiger partial charge in [0.15, 0.2) is 0 Å². The van der Waals surface area contributed by atoms with Crippen LogP contribution in [0.25, 0.3) is 23.1 Å². The lowest BCUT2D eigenvalue weighted by Gasteiger charge is -1.91. The van der Waals surface area contributed by atoms with Gasteiger partial charge >= 0.3 is 0 Å².